The Morgan fingerprint density at radius 2 is 2.04 bits per heavy atom. The molecule has 0 unspecified atom stereocenters. The van der Waals surface area contributed by atoms with Crippen LogP contribution >= 0.6 is 0 Å². The summed E-state index contributed by atoms with van der Waals surface area (Å²) in [6.07, 6.45) is 4.51. The average Bonchev–Trinajstić information content (AvgIpc) is 2.55. The van der Waals surface area contributed by atoms with Crippen LogP contribution < -0.4 is 5.32 Å². The molecule has 114 valence electrons. The van der Waals surface area contributed by atoms with Crippen molar-refractivity contribution < 1.29 is 9.72 Å². The molecule has 0 aliphatic carbocycles. The van der Waals surface area contributed by atoms with Crippen molar-refractivity contribution in [3.63, 3.8) is 0 Å². The van der Waals surface area contributed by atoms with Gasteiger partial charge < -0.3 is 5.32 Å². The summed E-state index contributed by atoms with van der Waals surface area (Å²) in [5.41, 5.74) is 1.36. The summed E-state index contributed by atoms with van der Waals surface area (Å²) < 4.78 is 0. The Morgan fingerprint density at radius 1 is 1.35 bits per heavy atom. The third kappa shape index (κ3) is 3.98. The van der Waals surface area contributed by atoms with E-state index >= 15 is 0 Å². The van der Waals surface area contributed by atoms with Crippen LogP contribution in [0, 0.1) is 28.4 Å². The van der Waals surface area contributed by atoms with Gasteiger partial charge in [0.05, 0.1) is 10.6 Å². The lowest BCUT2D eigenvalue weighted by Gasteiger charge is -2.07. The Hall–Kier alpha value is -3.53. The maximum Gasteiger partial charge on any atom is 0.271 e. The molecule has 0 saturated heterocycles. The Labute approximate surface area is 132 Å². The number of hydrogen-bond donors (Lipinski definition) is 1. The lowest BCUT2D eigenvalue weighted by atomic mass is 10.1. The number of nitro groups is 1. The molecule has 0 bridgehead atoms. The highest BCUT2D eigenvalue weighted by molar-refractivity contribution is 6.10. The number of non-ortho nitro benzene ring substituents is 1. The van der Waals surface area contributed by atoms with Crippen LogP contribution in [0.3, 0.4) is 0 Å². The van der Waals surface area contributed by atoms with Crippen LogP contribution in [-0.2, 0) is 4.79 Å². The predicted molar refractivity (Wildman–Crippen MR) is 84.3 cm³/mol. The number of pyridine rings is 1. The van der Waals surface area contributed by atoms with Gasteiger partial charge in [0.2, 0.25) is 0 Å². The molecule has 0 aliphatic heterocycles. The van der Waals surface area contributed by atoms with E-state index in [-0.39, 0.29) is 11.3 Å². The van der Waals surface area contributed by atoms with Crippen molar-refractivity contribution in [3.8, 4) is 6.07 Å². The molecule has 1 N–H and O–H groups in total. The molecule has 0 fully saturated rings. The highest BCUT2D eigenvalue weighted by atomic mass is 16.6. The van der Waals surface area contributed by atoms with Gasteiger partial charge in [0.1, 0.15) is 11.6 Å². The summed E-state index contributed by atoms with van der Waals surface area (Å²) in [5, 5.41) is 22.5. The van der Waals surface area contributed by atoms with Gasteiger partial charge in [-0.05, 0) is 36.3 Å². The van der Waals surface area contributed by atoms with E-state index in [1.165, 1.54) is 24.3 Å². The Morgan fingerprint density at radius 3 is 2.65 bits per heavy atom. The van der Waals surface area contributed by atoms with Gasteiger partial charge in [0.25, 0.3) is 11.6 Å². The molecule has 2 rings (SSSR count). The van der Waals surface area contributed by atoms with E-state index in [1.54, 1.807) is 31.5 Å². The average molecular weight is 308 g/mol. The first-order valence-electron chi connectivity index (χ1n) is 6.59. The number of benzene rings is 1. The zero-order valence-corrected chi connectivity index (χ0v) is 12.2. The fourth-order valence-corrected chi connectivity index (χ4v) is 1.82. The number of carbonyl (C=O) groups excluding carboxylic acids is 1. The first-order valence-corrected chi connectivity index (χ1v) is 6.59. The lowest BCUT2D eigenvalue weighted by Crippen LogP contribution is -2.14. The van der Waals surface area contributed by atoms with Crippen LogP contribution in [0.15, 0.2) is 48.3 Å². The molecule has 2 aromatic rings. The Balaban J connectivity index is 2.27. The van der Waals surface area contributed by atoms with Crippen LogP contribution in [0.5, 0.6) is 0 Å². The number of amides is 1. The highest BCUT2D eigenvalue weighted by Gasteiger charge is 2.14. The van der Waals surface area contributed by atoms with Crippen LogP contribution in [0.1, 0.15) is 11.1 Å². The van der Waals surface area contributed by atoms with E-state index in [9.17, 15) is 14.9 Å². The summed E-state index contributed by atoms with van der Waals surface area (Å²) in [4.78, 5) is 26.3. The molecule has 1 heterocycles. The van der Waals surface area contributed by atoms with Gasteiger partial charge in [0.15, 0.2) is 0 Å². The molecular weight excluding hydrogens is 296 g/mol. The topological polar surface area (TPSA) is 109 Å². The highest BCUT2D eigenvalue weighted by Crippen LogP contribution is 2.22. The van der Waals surface area contributed by atoms with Gasteiger partial charge in [-0.15, -0.1) is 0 Å². The number of aromatic nitrogens is 1. The third-order valence-corrected chi connectivity index (χ3v) is 3.06. The molecule has 7 heteroatoms. The van der Waals surface area contributed by atoms with Gasteiger partial charge in [-0.1, -0.05) is 6.07 Å². The number of nitriles is 1. The maximum atomic E-state index is 12.2. The van der Waals surface area contributed by atoms with E-state index in [2.05, 4.69) is 10.3 Å². The minimum absolute atomic E-state index is 0.109. The van der Waals surface area contributed by atoms with Gasteiger partial charge in [-0.2, -0.15) is 5.26 Å². The Kier molecular flexibility index (Phi) is 4.79. The summed E-state index contributed by atoms with van der Waals surface area (Å²) in [6, 6.07) is 9.28. The quantitative estimate of drug-likeness (QED) is 0.404. The number of nitro benzene ring substituents is 1. The molecule has 0 saturated carbocycles. The summed E-state index contributed by atoms with van der Waals surface area (Å²) in [7, 11) is 0. The van der Waals surface area contributed by atoms with Crippen LogP contribution in [0.25, 0.3) is 6.08 Å². The maximum absolute atomic E-state index is 12.2. The van der Waals surface area contributed by atoms with E-state index in [0.29, 0.717) is 16.8 Å². The van der Waals surface area contributed by atoms with Gasteiger partial charge >= 0.3 is 0 Å². The van der Waals surface area contributed by atoms with Crippen molar-refractivity contribution in [3.05, 3.63) is 69.5 Å². The molecule has 0 radical (unpaired) electrons. The molecule has 7 nitrogen and oxygen atoms in total. The third-order valence-electron chi connectivity index (χ3n) is 3.06. The largest absolute Gasteiger partial charge is 0.321 e. The van der Waals surface area contributed by atoms with Crippen molar-refractivity contribution in [2.24, 2.45) is 0 Å². The second kappa shape index (κ2) is 6.95. The normalized spacial score (nSPS) is 10.7. The monoisotopic (exact) mass is 308 g/mol. The predicted octanol–water partition coefficient (Wildman–Crippen LogP) is 2.84. The number of carbonyl (C=O) groups is 1. The minimum Gasteiger partial charge on any atom is -0.321 e. The molecule has 1 aromatic heterocycles. The number of nitrogens with one attached hydrogen (secondary N) is 1. The zero-order chi connectivity index (χ0) is 16.8. The van der Waals surface area contributed by atoms with Crippen LogP contribution in [0.4, 0.5) is 11.4 Å². The van der Waals surface area contributed by atoms with Gasteiger partial charge in [0, 0.05) is 24.5 Å². The molecule has 0 spiro atoms. The summed E-state index contributed by atoms with van der Waals surface area (Å²) >= 11 is 0. The number of aryl methyl sites for hydroxylation is 1. The van der Waals surface area contributed by atoms with E-state index < -0.39 is 10.8 Å². The van der Waals surface area contributed by atoms with Crippen molar-refractivity contribution in [1.29, 1.82) is 5.26 Å². The fourth-order valence-electron chi connectivity index (χ4n) is 1.82. The Bertz CT molecular complexity index is 823. The smallest absolute Gasteiger partial charge is 0.271 e. The number of nitrogens with zero attached hydrogens (tertiary/aromatic N) is 3. The van der Waals surface area contributed by atoms with Gasteiger partial charge in [-0.25, -0.2) is 0 Å². The second-order valence-corrected chi connectivity index (χ2v) is 4.66. The van der Waals surface area contributed by atoms with E-state index in [4.69, 9.17) is 5.26 Å². The summed E-state index contributed by atoms with van der Waals surface area (Å²) in [6.45, 7) is 1.71. The van der Waals surface area contributed by atoms with Crippen molar-refractivity contribution in [2.45, 2.75) is 6.92 Å². The van der Waals surface area contributed by atoms with E-state index in [1.807, 2.05) is 6.07 Å². The molecule has 1 aromatic carbocycles. The van der Waals surface area contributed by atoms with Crippen molar-refractivity contribution in [2.75, 3.05) is 5.32 Å². The first kappa shape index (κ1) is 15.9. The fraction of sp³-hybridized carbons (Fsp3) is 0.0625. The minimum atomic E-state index is -0.632. The number of anilines is 1. The molecule has 0 aliphatic rings. The molecule has 1 amide bonds. The summed E-state index contributed by atoms with van der Waals surface area (Å²) in [5.74, 6) is -0.632. The lowest BCUT2D eigenvalue weighted by molar-refractivity contribution is -0.384. The van der Waals surface area contributed by atoms with Crippen LogP contribution in [-0.4, -0.2) is 15.8 Å². The SMILES string of the molecule is Cc1ccc([N+](=O)[O-])cc1NC(=O)/C(C#N)=C/c1ccncc1. The molecular formula is C16H12N4O3. The zero-order valence-electron chi connectivity index (χ0n) is 12.2. The molecule has 0 atom stereocenters. The molecule has 23 heavy (non-hydrogen) atoms. The standard InChI is InChI=1S/C16H12N4O3/c1-11-2-3-14(20(22)23)9-15(11)19-16(21)13(10-17)8-12-4-6-18-7-5-12/h2-9H,1H3,(H,19,21)/b13-8+. The van der Waals surface area contributed by atoms with E-state index in [0.717, 1.165) is 0 Å². The van der Waals surface area contributed by atoms with Crippen LogP contribution in [0.2, 0.25) is 0 Å². The van der Waals surface area contributed by atoms with Gasteiger partial charge in [-0.3, -0.25) is 19.9 Å². The number of hydrogen-bond acceptors (Lipinski definition) is 5. The van der Waals surface area contributed by atoms with Crippen molar-refractivity contribution >= 4 is 23.4 Å². The second-order valence-electron chi connectivity index (χ2n) is 4.66. The number of rotatable bonds is 4. The van der Waals surface area contributed by atoms with Crippen molar-refractivity contribution in [1.82, 2.24) is 4.98 Å². The first-order chi connectivity index (χ1) is 11.0.